The highest BCUT2D eigenvalue weighted by Gasteiger charge is 2.58. The van der Waals surface area contributed by atoms with Crippen molar-refractivity contribution in [3.63, 3.8) is 0 Å². The second-order valence-electron chi connectivity index (χ2n) is 5.64. The fraction of sp³-hybridized carbons (Fsp3) is 0.538. The molecule has 4 unspecified atom stereocenters. The van der Waals surface area contributed by atoms with Crippen LogP contribution in [0.25, 0.3) is 0 Å². The molecular weight excluding hydrogens is 490 g/mol. The number of halogens is 2. The van der Waals surface area contributed by atoms with Gasteiger partial charge in [0.1, 0.15) is 22.0 Å². The van der Waals surface area contributed by atoms with Crippen LogP contribution < -0.4 is 4.74 Å². The second kappa shape index (κ2) is 4.22. The maximum absolute atomic E-state index is 12.9. The summed E-state index contributed by atoms with van der Waals surface area (Å²) in [6.07, 6.45) is 3.09. The quantitative estimate of drug-likeness (QED) is 0.513. The number of ether oxygens (including phenoxy) is 1. The van der Waals surface area contributed by atoms with Gasteiger partial charge in [0.25, 0.3) is 0 Å². The lowest BCUT2D eigenvalue weighted by molar-refractivity contribution is 0.129. The lowest BCUT2D eigenvalue weighted by Gasteiger charge is -2.36. The molecule has 1 aromatic rings. The third-order valence-corrected chi connectivity index (χ3v) is 8.85. The molecule has 2 fully saturated rings. The lowest BCUT2D eigenvalue weighted by Crippen LogP contribution is -2.46. The van der Waals surface area contributed by atoms with Gasteiger partial charge in [-0.2, -0.15) is 0 Å². The van der Waals surface area contributed by atoms with Gasteiger partial charge in [-0.1, -0.05) is 0 Å². The maximum Gasteiger partial charge on any atom is 0.189 e. The summed E-state index contributed by atoms with van der Waals surface area (Å²) in [5.74, 6) is 1.32. The van der Waals surface area contributed by atoms with Crippen LogP contribution in [0.3, 0.4) is 0 Å². The molecule has 6 heteroatoms. The zero-order valence-corrected chi connectivity index (χ0v) is 15.1. The molecule has 3 aliphatic rings. The molecule has 4 atom stereocenters. The third-order valence-electron chi connectivity index (χ3n) is 4.65. The number of benzene rings is 1. The molecule has 2 saturated carbocycles. The van der Waals surface area contributed by atoms with Crippen LogP contribution in [0.2, 0.25) is 0 Å². The van der Waals surface area contributed by atoms with Crippen molar-refractivity contribution < 1.29 is 13.2 Å². The van der Waals surface area contributed by atoms with Gasteiger partial charge in [-0.05, 0) is 88.4 Å². The summed E-state index contributed by atoms with van der Waals surface area (Å²) in [6, 6.07) is 3.77. The summed E-state index contributed by atoms with van der Waals surface area (Å²) >= 11 is 4.32. The average molecular weight is 502 g/mol. The molecule has 0 N–H and O–H groups in total. The minimum Gasteiger partial charge on any atom is -0.487 e. The molecule has 0 aromatic heterocycles. The SMILES string of the molecule is O=S1(=O)c2c(I)cc(I)cc2OC2C3CCC(C3)C21. The van der Waals surface area contributed by atoms with Crippen LogP contribution in [0, 0.1) is 19.0 Å². The van der Waals surface area contributed by atoms with Gasteiger partial charge in [-0.25, -0.2) is 8.42 Å². The zero-order valence-electron chi connectivity index (χ0n) is 9.97. The molecule has 1 aliphatic heterocycles. The normalized spacial score (nSPS) is 37.6. The molecule has 0 spiro atoms. The summed E-state index contributed by atoms with van der Waals surface area (Å²) in [5.41, 5.74) is 0. The van der Waals surface area contributed by atoms with Crippen molar-refractivity contribution >= 4 is 55.0 Å². The average Bonchev–Trinajstić information content (AvgIpc) is 2.87. The maximum atomic E-state index is 12.9. The van der Waals surface area contributed by atoms with E-state index in [-0.39, 0.29) is 11.4 Å². The van der Waals surface area contributed by atoms with E-state index in [1.165, 1.54) is 0 Å². The fourth-order valence-electron chi connectivity index (χ4n) is 3.96. The number of fused-ring (bicyclic) bond motifs is 6. The van der Waals surface area contributed by atoms with E-state index in [9.17, 15) is 8.42 Å². The topological polar surface area (TPSA) is 43.4 Å². The Balaban J connectivity index is 1.96. The largest absolute Gasteiger partial charge is 0.487 e. The number of hydrogen-bond donors (Lipinski definition) is 0. The van der Waals surface area contributed by atoms with E-state index in [0.717, 1.165) is 26.4 Å². The summed E-state index contributed by atoms with van der Waals surface area (Å²) in [6.45, 7) is 0. The first kappa shape index (κ1) is 13.1. The number of hydrogen-bond acceptors (Lipinski definition) is 3. The first-order valence-electron chi connectivity index (χ1n) is 6.38. The van der Waals surface area contributed by atoms with Gasteiger partial charge < -0.3 is 4.74 Å². The van der Waals surface area contributed by atoms with Gasteiger partial charge in [0.2, 0.25) is 0 Å². The van der Waals surface area contributed by atoms with Gasteiger partial charge in [-0.15, -0.1) is 0 Å². The van der Waals surface area contributed by atoms with Crippen LogP contribution in [0.5, 0.6) is 5.75 Å². The predicted octanol–water partition coefficient (Wildman–Crippen LogP) is 3.23. The number of rotatable bonds is 0. The molecule has 1 heterocycles. The molecule has 0 amide bonds. The van der Waals surface area contributed by atoms with E-state index < -0.39 is 9.84 Å². The summed E-state index contributed by atoms with van der Waals surface area (Å²) in [4.78, 5) is 0.433. The Morgan fingerprint density at radius 2 is 1.89 bits per heavy atom. The van der Waals surface area contributed by atoms with Gasteiger partial charge in [0.15, 0.2) is 9.84 Å². The first-order valence-corrected chi connectivity index (χ1v) is 10.1. The predicted molar refractivity (Wildman–Crippen MR) is 88.1 cm³/mol. The highest BCUT2D eigenvalue weighted by atomic mass is 127. The molecule has 2 bridgehead atoms. The van der Waals surface area contributed by atoms with E-state index in [4.69, 9.17) is 4.74 Å². The van der Waals surface area contributed by atoms with Gasteiger partial charge in [0, 0.05) is 7.14 Å². The summed E-state index contributed by atoms with van der Waals surface area (Å²) in [7, 11) is -3.23. The van der Waals surface area contributed by atoms with E-state index in [2.05, 4.69) is 45.2 Å². The van der Waals surface area contributed by atoms with Crippen LogP contribution in [0.4, 0.5) is 0 Å². The number of sulfone groups is 1. The molecule has 0 saturated heterocycles. The molecule has 19 heavy (non-hydrogen) atoms. The molecule has 2 aliphatic carbocycles. The Kier molecular flexibility index (Phi) is 2.91. The molecular formula is C13H12I2O3S. The smallest absolute Gasteiger partial charge is 0.189 e. The monoisotopic (exact) mass is 502 g/mol. The highest BCUT2D eigenvalue weighted by molar-refractivity contribution is 14.1. The van der Waals surface area contributed by atoms with Gasteiger partial charge in [-0.3, -0.25) is 0 Å². The Labute approximate surface area is 139 Å². The summed E-state index contributed by atoms with van der Waals surface area (Å²) < 4.78 is 33.8. The minimum absolute atomic E-state index is 0.106. The van der Waals surface area contributed by atoms with Crippen molar-refractivity contribution in [2.75, 3.05) is 0 Å². The Morgan fingerprint density at radius 3 is 2.68 bits per heavy atom. The van der Waals surface area contributed by atoms with Gasteiger partial charge >= 0.3 is 0 Å². The van der Waals surface area contributed by atoms with Crippen LogP contribution >= 0.6 is 45.2 Å². The van der Waals surface area contributed by atoms with Crippen LogP contribution in [0.15, 0.2) is 17.0 Å². The minimum atomic E-state index is -3.23. The fourth-order valence-corrected chi connectivity index (χ4v) is 9.05. The van der Waals surface area contributed by atoms with Crippen molar-refractivity contribution in [3.05, 3.63) is 19.3 Å². The molecule has 1 aromatic carbocycles. The Hall–Kier alpha value is 0.430. The van der Waals surface area contributed by atoms with Crippen LogP contribution in [0.1, 0.15) is 19.3 Å². The van der Waals surface area contributed by atoms with E-state index in [0.29, 0.717) is 22.5 Å². The molecule has 4 rings (SSSR count). The first-order chi connectivity index (χ1) is 8.98. The molecule has 3 nitrogen and oxygen atoms in total. The van der Waals surface area contributed by atoms with Crippen molar-refractivity contribution in [2.24, 2.45) is 11.8 Å². The lowest BCUT2D eigenvalue weighted by atomic mass is 9.97. The van der Waals surface area contributed by atoms with E-state index in [1.54, 1.807) is 0 Å². The van der Waals surface area contributed by atoms with Crippen molar-refractivity contribution in [3.8, 4) is 5.75 Å². The summed E-state index contributed by atoms with van der Waals surface area (Å²) in [5, 5.41) is -0.299. The second-order valence-corrected chi connectivity index (χ2v) is 10.1. The van der Waals surface area contributed by atoms with Crippen molar-refractivity contribution in [2.45, 2.75) is 35.5 Å². The standard InChI is InChI=1S/C13H12I2O3S/c14-8-4-9(15)13-10(5-8)18-11-6-1-2-7(3-6)12(11)19(13,16)17/h4-7,11-12H,1-3H2. The van der Waals surface area contributed by atoms with Crippen LogP contribution in [-0.4, -0.2) is 19.8 Å². The van der Waals surface area contributed by atoms with Crippen molar-refractivity contribution in [1.82, 2.24) is 0 Å². The highest BCUT2D eigenvalue weighted by Crippen LogP contribution is 2.54. The molecule has 0 radical (unpaired) electrons. The van der Waals surface area contributed by atoms with E-state index >= 15 is 0 Å². The van der Waals surface area contributed by atoms with Crippen molar-refractivity contribution in [1.29, 1.82) is 0 Å². The Morgan fingerprint density at radius 1 is 1.16 bits per heavy atom. The van der Waals surface area contributed by atoms with E-state index in [1.807, 2.05) is 12.1 Å². The Bertz CT molecular complexity index is 671. The van der Waals surface area contributed by atoms with Gasteiger partial charge in [0.05, 0.1) is 0 Å². The molecule has 102 valence electrons. The third kappa shape index (κ3) is 1.74. The van der Waals surface area contributed by atoms with Crippen LogP contribution in [-0.2, 0) is 9.84 Å². The zero-order chi connectivity index (χ0) is 13.4.